The molecule has 0 unspecified atom stereocenters. The fraction of sp³-hybridized carbons (Fsp3) is 0.800. The summed E-state index contributed by atoms with van der Waals surface area (Å²) in [6, 6.07) is -1.47. The van der Waals surface area contributed by atoms with Gasteiger partial charge in [0.25, 0.3) is 0 Å². The van der Waals surface area contributed by atoms with E-state index in [4.69, 9.17) is 4.74 Å². The molecule has 0 bridgehead atoms. The fourth-order valence-corrected chi connectivity index (χ4v) is 2.59. The van der Waals surface area contributed by atoms with E-state index in [1.165, 1.54) is 19.1 Å². The molecule has 0 aromatic carbocycles. The van der Waals surface area contributed by atoms with Crippen molar-refractivity contribution in [2.45, 2.75) is 51.3 Å². The molecule has 0 spiro atoms. The summed E-state index contributed by atoms with van der Waals surface area (Å²) < 4.78 is 9.94. The number of nitrogens with one attached hydrogen (secondary N) is 2. The van der Waals surface area contributed by atoms with Crippen LogP contribution >= 0.6 is 0 Å². The first-order chi connectivity index (χ1) is 10.8. The lowest BCUT2D eigenvalue weighted by atomic mass is 9.96. The number of hydrogen-bond donors (Lipinski definition) is 2. The standard InChI is InChI=1S/C15H27N3O5/c1-6-16-12(19)10-8-7-9-18(10)13(20)11(15(2,3)23-5)17-14(21)22-4/h10-11H,6-9H2,1-5H3,(H,16,19)(H,17,21)/t10-,11+/m0/s1. The van der Waals surface area contributed by atoms with E-state index in [1.807, 2.05) is 6.92 Å². The van der Waals surface area contributed by atoms with Crippen molar-refractivity contribution in [2.75, 3.05) is 27.3 Å². The minimum absolute atomic E-state index is 0.176. The van der Waals surface area contributed by atoms with Gasteiger partial charge in [0.15, 0.2) is 0 Å². The Balaban J connectivity index is 2.98. The summed E-state index contributed by atoms with van der Waals surface area (Å²) in [6.45, 7) is 6.20. The molecular weight excluding hydrogens is 302 g/mol. The number of nitrogens with zero attached hydrogens (tertiary/aromatic N) is 1. The molecule has 2 N–H and O–H groups in total. The third kappa shape index (κ3) is 4.57. The summed E-state index contributed by atoms with van der Waals surface area (Å²) in [6.07, 6.45) is 0.629. The summed E-state index contributed by atoms with van der Waals surface area (Å²) in [7, 11) is 2.69. The molecule has 1 saturated heterocycles. The van der Waals surface area contributed by atoms with Crippen molar-refractivity contribution in [3.8, 4) is 0 Å². The molecule has 0 aromatic rings. The summed E-state index contributed by atoms with van der Waals surface area (Å²) >= 11 is 0. The van der Waals surface area contributed by atoms with Gasteiger partial charge in [0.05, 0.1) is 12.7 Å². The van der Waals surface area contributed by atoms with Crippen LogP contribution in [0.4, 0.5) is 4.79 Å². The van der Waals surface area contributed by atoms with Crippen molar-refractivity contribution in [3.05, 3.63) is 0 Å². The zero-order chi connectivity index (χ0) is 17.6. The van der Waals surface area contributed by atoms with Gasteiger partial charge in [-0.2, -0.15) is 0 Å². The van der Waals surface area contributed by atoms with E-state index in [0.717, 1.165) is 6.42 Å². The lowest BCUT2D eigenvalue weighted by Crippen LogP contribution is -2.61. The minimum Gasteiger partial charge on any atom is -0.453 e. The van der Waals surface area contributed by atoms with Crippen molar-refractivity contribution in [2.24, 2.45) is 0 Å². The van der Waals surface area contributed by atoms with Crippen LogP contribution in [-0.4, -0.2) is 67.8 Å². The number of amides is 3. The molecule has 8 heteroatoms. The third-order valence-corrected chi connectivity index (χ3v) is 4.11. The first-order valence-electron chi connectivity index (χ1n) is 7.76. The second-order valence-electron chi connectivity index (χ2n) is 5.96. The number of alkyl carbamates (subject to hydrolysis) is 1. The fourth-order valence-electron chi connectivity index (χ4n) is 2.59. The molecule has 0 saturated carbocycles. The lowest BCUT2D eigenvalue weighted by Gasteiger charge is -2.36. The molecule has 1 heterocycles. The quantitative estimate of drug-likeness (QED) is 0.729. The molecular formula is C15H27N3O5. The number of ether oxygens (including phenoxy) is 2. The smallest absolute Gasteiger partial charge is 0.407 e. The summed E-state index contributed by atoms with van der Waals surface area (Å²) in [5.74, 6) is -0.526. The van der Waals surface area contributed by atoms with Crippen LogP contribution in [0.1, 0.15) is 33.6 Å². The number of methoxy groups -OCH3 is 2. The maximum absolute atomic E-state index is 12.9. The molecule has 1 rings (SSSR count). The van der Waals surface area contributed by atoms with Crippen LogP contribution in [0.15, 0.2) is 0 Å². The molecule has 0 radical (unpaired) electrons. The summed E-state index contributed by atoms with van der Waals surface area (Å²) in [5.41, 5.74) is -0.945. The van der Waals surface area contributed by atoms with Crippen LogP contribution in [0.5, 0.6) is 0 Å². The molecule has 1 aliphatic heterocycles. The van der Waals surface area contributed by atoms with Gasteiger partial charge < -0.3 is 25.0 Å². The van der Waals surface area contributed by atoms with Crippen LogP contribution in [0, 0.1) is 0 Å². The highest BCUT2D eigenvalue weighted by atomic mass is 16.5. The molecule has 2 atom stereocenters. The Hall–Kier alpha value is -1.83. The number of hydrogen-bond acceptors (Lipinski definition) is 5. The average Bonchev–Trinajstić information content (AvgIpc) is 3.01. The molecule has 1 aliphatic rings. The molecule has 8 nitrogen and oxygen atoms in total. The number of likely N-dealkylation sites (N-methyl/N-ethyl adjacent to an activating group) is 1. The van der Waals surface area contributed by atoms with Crippen LogP contribution in [-0.2, 0) is 19.1 Å². The van der Waals surface area contributed by atoms with Gasteiger partial charge >= 0.3 is 6.09 Å². The van der Waals surface area contributed by atoms with Gasteiger partial charge in [0, 0.05) is 20.2 Å². The van der Waals surface area contributed by atoms with E-state index >= 15 is 0 Å². The van der Waals surface area contributed by atoms with Crippen molar-refractivity contribution in [1.82, 2.24) is 15.5 Å². The monoisotopic (exact) mass is 329 g/mol. The highest BCUT2D eigenvalue weighted by Crippen LogP contribution is 2.23. The predicted molar refractivity (Wildman–Crippen MR) is 83.8 cm³/mol. The number of rotatable bonds is 6. The van der Waals surface area contributed by atoms with E-state index < -0.39 is 23.8 Å². The normalized spacial score (nSPS) is 19.2. The Bertz CT molecular complexity index is 452. The van der Waals surface area contributed by atoms with E-state index in [1.54, 1.807) is 13.8 Å². The van der Waals surface area contributed by atoms with Crippen molar-refractivity contribution in [3.63, 3.8) is 0 Å². The van der Waals surface area contributed by atoms with Crippen molar-refractivity contribution in [1.29, 1.82) is 0 Å². The van der Waals surface area contributed by atoms with Gasteiger partial charge in [-0.25, -0.2) is 4.79 Å². The van der Waals surface area contributed by atoms with E-state index in [-0.39, 0.29) is 11.8 Å². The predicted octanol–water partition coefficient (Wildman–Crippen LogP) is 0.263. The zero-order valence-electron chi connectivity index (χ0n) is 14.5. The lowest BCUT2D eigenvalue weighted by molar-refractivity contribution is -0.145. The van der Waals surface area contributed by atoms with Crippen LogP contribution in [0.25, 0.3) is 0 Å². The molecule has 0 aromatic heterocycles. The minimum atomic E-state index is -0.949. The van der Waals surface area contributed by atoms with Crippen LogP contribution in [0.3, 0.4) is 0 Å². The Labute approximate surface area is 136 Å². The van der Waals surface area contributed by atoms with Gasteiger partial charge in [0.1, 0.15) is 12.1 Å². The first kappa shape index (κ1) is 19.2. The van der Waals surface area contributed by atoms with E-state index in [9.17, 15) is 14.4 Å². The maximum atomic E-state index is 12.9. The SMILES string of the molecule is CCNC(=O)[C@@H]1CCCN1C(=O)[C@@H](NC(=O)OC)C(C)(C)OC. The van der Waals surface area contributed by atoms with Gasteiger partial charge in [-0.15, -0.1) is 0 Å². The van der Waals surface area contributed by atoms with E-state index in [0.29, 0.717) is 19.5 Å². The summed E-state index contributed by atoms with van der Waals surface area (Å²) in [4.78, 5) is 38.1. The Morgan fingerprint density at radius 3 is 2.48 bits per heavy atom. The Morgan fingerprint density at radius 1 is 1.30 bits per heavy atom. The highest BCUT2D eigenvalue weighted by molar-refractivity contribution is 5.92. The zero-order valence-corrected chi connectivity index (χ0v) is 14.5. The molecule has 132 valence electrons. The van der Waals surface area contributed by atoms with Gasteiger partial charge in [-0.05, 0) is 33.6 Å². The highest BCUT2D eigenvalue weighted by Gasteiger charge is 2.44. The van der Waals surface area contributed by atoms with Crippen LogP contribution in [0.2, 0.25) is 0 Å². The Kier molecular flexibility index (Phi) is 6.80. The topological polar surface area (TPSA) is 97.0 Å². The van der Waals surface area contributed by atoms with Crippen molar-refractivity contribution >= 4 is 17.9 Å². The summed E-state index contributed by atoms with van der Waals surface area (Å²) in [5, 5.41) is 5.26. The average molecular weight is 329 g/mol. The second kappa shape index (κ2) is 8.14. The molecule has 0 aliphatic carbocycles. The van der Waals surface area contributed by atoms with E-state index in [2.05, 4.69) is 15.4 Å². The maximum Gasteiger partial charge on any atom is 0.407 e. The van der Waals surface area contributed by atoms with Crippen molar-refractivity contribution < 1.29 is 23.9 Å². The van der Waals surface area contributed by atoms with Crippen LogP contribution < -0.4 is 10.6 Å². The second-order valence-corrected chi connectivity index (χ2v) is 5.96. The molecule has 23 heavy (non-hydrogen) atoms. The third-order valence-electron chi connectivity index (χ3n) is 4.11. The Morgan fingerprint density at radius 2 is 1.96 bits per heavy atom. The number of likely N-dealkylation sites (tertiary alicyclic amines) is 1. The molecule has 1 fully saturated rings. The molecule has 3 amide bonds. The largest absolute Gasteiger partial charge is 0.453 e. The van der Waals surface area contributed by atoms with Gasteiger partial charge in [-0.1, -0.05) is 0 Å². The number of carbonyl (C=O) groups excluding carboxylic acids is 3. The van der Waals surface area contributed by atoms with Gasteiger partial charge in [0.2, 0.25) is 11.8 Å². The van der Waals surface area contributed by atoms with Gasteiger partial charge in [-0.3, -0.25) is 9.59 Å². The first-order valence-corrected chi connectivity index (χ1v) is 7.76. The number of carbonyl (C=O) groups is 3.